The highest BCUT2D eigenvalue weighted by Gasteiger charge is 2.29. The predicted octanol–water partition coefficient (Wildman–Crippen LogP) is 1.56. The Kier molecular flexibility index (Phi) is 4.24. The van der Waals surface area contributed by atoms with Gasteiger partial charge in [0.2, 0.25) is 12.7 Å². The van der Waals surface area contributed by atoms with Gasteiger partial charge < -0.3 is 24.0 Å². The number of amides is 1. The van der Waals surface area contributed by atoms with Crippen LogP contribution in [0.1, 0.15) is 16.8 Å². The largest absolute Gasteiger partial charge is 0.471 e. The van der Waals surface area contributed by atoms with Crippen molar-refractivity contribution in [2.75, 3.05) is 38.9 Å². The standard InChI is InChI=1S/C18H20N4O4/c1-21(2)16-5-6-17(20-19-16)26-13-7-8-22(10-13)18(23)12-3-4-14-15(9-12)25-11-24-14/h3-6,9,13H,7-8,10-11H2,1-2H3. The summed E-state index contributed by atoms with van der Waals surface area (Å²) in [4.78, 5) is 16.4. The monoisotopic (exact) mass is 356 g/mol. The molecule has 0 N–H and O–H groups in total. The second-order valence-electron chi connectivity index (χ2n) is 6.47. The summed E-state index contributed by atoms with van der Waals surface area (Å²) < 4.78 is 16.5. The van der Waals surface area contributed by atoms with Crippen LogP contribution < -0.4 is 19.1 Å². The molecule has 0 spiro atoms. The fourth-order valence-electron chi connectivity index (χ4n) is 3.01. The van der Waals surface area contributed by atoms with E-state index >= 15 is 0 Å². The zero-order valence-electron chi connectivity index (χ0n) is 14.7. The number of likely N-dealkylation sites (tertiary alicyclic amines) is 1. The first kappa shape index (κ1) is 16.4. The Morgan fingerprint density at radius 1 is 1.19 bits per heavy atom. The summed E-state index contributed by atoms with van der Waals surface area (Å²) in [5, 5.41) is 8.18. The van der Waals surface area contributed by atoms with Gasteiger partial charge in [0, 0.05) is 38.7 Å². The SMILES string of the molecule is CN(C)c1ccc(OC2CCN(C(=O)c3ccc4c(c3)OCO4)C2)nn1. The molecule has 4 rings (SSSR count). The Morgan fingerprint density at radius 3 is 2.81 bits per heavy atom. The van der Waals surface area contributed by atoms with Crippen molar-refractivity contribution < 1.29 is 19.0 Å². The van der Waals surface area contributed by atoms with Crippen LogP contribution in [0.5, 0.6) is 17.4 Å². The quantitative estimate of drug-likeness (QED) is 0.823. The van der Waals surface area contributed by atoms with Crippen LogP contribution in [0.2, 0.25) is 0 Å². The lowest BCUT2D eigenvalue weighted by atomic mass is 10.2. The molecule has 2 aliphatic heterocycles. The Bertz CT molecular complexity index is 809. The molecule has 2 aliphatic rings. The molecule has 136 valence electrons. The topological polar surface area (TPSA) is 77.0 Å². The first-order valence-corrected chi connectivity index (χ1v) is 8.47. The summed E-state index contributed by atoms with van der Waals surface area (Å²) in [6, 6.07) is 8.90. The number of hydrogen-bond acceptors (Lipinski definition) is 7. The third-order valence-corrected chi connectivity index (χ3v) is 4.42. The van der Waals surface area contributed by atoms with Crippen LogP contribution in [0.3, 0.4) is 0 Å². The number of benzene rings is 1. The van der Waals surface area contributed by atoms with Crippen LogP contribution in [0.15, 0.2) is 30.3 Å². The summed E-state index contributed by atoms with van der Waals surface area (Å²) >= 11 is 0. The fraction of sp³-hybridized carbons (Fsp3) is 0.389. The molecule has 8 nitrogen and oxygen atoms in total. The van der Waals surface area contributed by atoms with Crippen LogP contribution in [0, 0.1) is 0 Å². The van der Waals surface area contributed by atoms with E-state index in [0.717, 1.165) is 12.2 Å². The van der Waals surface area contributed by atoms with Crippen LogP contribution in [0.4, 0.5) is 5.82 Å². The number of aromatic nitrogens is 2. The van der Waals surface area contributed by atoms with E-state index in [1.807, 2.05) is 25.1 Å². The molecule has 1 atom stereocenters. The molecule has 1 fully saturated rings. The predicted molar refractivity (Wildman–Crippen MR) is 93.9 cm³/mol. The van der Waals surface area contributed by atoms with Gasteiger partial charge in [0.1, 0.15) is 6.10 Å². The molecule has 0 radical (unpaired) electrons. The molecule has 0 saturated carbocycles. The van der Waals surface area contributed by atoms with E-state index < -0.39 is 0 Å². The lowest BCUT2D eigenvalue weighted by Crippen LogP contribution is -2.31. The van der Waals surface area contributed by atoms with Gasteiger partial charge in [-0.1, -0.05) is 0 Å². The van der Waals surface area contributed by atoms with Crippen LogP contribution >= 0.6 is 0 Å². The number of nitrogens with zero attached hydrogens (tertiary/aromatic N) is 4. The third-order valence-electron chi connectivity index (χ3n) is 4.42. The first-order chi connectivity index (χ1) is 12.6. The molecule has 0 bridgehead atoms. The minimum Gasteiger partial charge on any atom is -0.471 e. The number of fused-ring (bicyclic) bond motifs is 1. The summed E-state index contributed by atoms with van der Waals surface area (Å²) in [5.74, 6) is 2.48. The average Bonchev–Trinajstić information content (AvgIpc) is 3.30. The zero-order valence-corrected chi connectivity index (χ0v) is 14.7. The van der Waals surface area contributed by atoms with Crippen molar-refractivity contribution in [3.8, 4) is 17.4 Å². The maximum Gasteiger partial charge on any atom is 0.254 e. The molecular weight excluding hydrogens is 336 g/mol. The maximum absolute atomic E-state index is 12.7. The molecular formula is C18H20N4O4. The van der Waals surface area contributed by atoms with Crippen molar-refractivity contribution in [3.05, 3.63) is 35.9 Å². The normalized spacial score (nSPS) is 18.1. The van der Waals surface area contributed by atoms with Crippen molar-refractivity contribution in [2.45, 2.75) is 12.5 Å². The van der Waals surface area contributed by atoms with Gasteiger partial charge in [0.05, 0.1) is 6.54 Å². The maximum atomic E-state index is 12.7. The van der Waals surface area contributed by atoms with Gasteiger partial charge in [-0.15, -0.1) is 10.2 Å². The molecule has 2 aromatic rings. The van der Waals surface area contributed by atoms with Gasteiger partial charge in [-0.3, -0.25) is 4.79 Å². The number of rotatable bonds is 4. The van der Waals surface area contributed by atoms with Crippen molar-refractivity contribution in [1.29, 1.82) is 0 Å². The summed E-state index contributed by atoms with van der Waals surface area (Å²) in [6.07, 6.45) is 0.667. The number of carbonyl (C=O) groups is 1. The van der Waals surface area contributed by atoms with Gasteiger partial charge >= 0.3 is 0 Å². The molecule has 1 aromatic heterocycles. The second-order valence-corrected chi connectivity index (χ2v) is 6.47. The van der Waals surface area contributed by atoms with E-state index in [2.05, 4.69) is 10.2 Å². The molecule has 1 saturated heterocycles. The van der Waals surface area contributed by atoms with Gasteiger partial charge in [-0.05, 0) is 24.3 Å². The first-order valence-electron chi connectivity index (χ1n) is 8.47. The Balaban J connectivity index is 1.38. The third kappa shape index (κ3) is 3.22. The van der Waals surface area contributed by atoms with E-state index in [4.69, 9.17) is 14.2 Å². The van der Waals surface area contributed by atoms with Gasteiger partial charge in [-0.2, -0.15) is 0 Å². The Morgan fingerprint density at radius 2 is 2.04 bits per heavy atom. The van der Waals surface area contributed by atoms with Gasteiger partial charge in [0.15, 0.2) is 17.3 Å². The van der Waals surface area contributed by atoms with Crippen LogP contribution in [0.25, 0.3) is 0 Å². The number of ether oxygens (including phenoxy) is 3. The number of hydrogen-bond donors (Lipinski definition) is 0. The molecule has 1 aromatic carbocycles. The van der Waals surface area contributed by atoms with Gasteiger partial charge in [-0.25, -0.2) is 0 Å². The average molecular weight is 356 g/mol. The molecule has 3 heterocycles. The van der Waals surface area contributed by atoms with Gasteiger partial charge in [0.25, 0.3) is 5.91 Å². The molecule has 8 heteroatoms. The fourth-order valence-corrected chi connectivity index (χ4v) is 3.01. The molecule has 26 heavy (non-hydrogen) atoms. The van der Waals surface area contributed by atoms with Crippen molar-refractivity contribution >= 4 is 11.7 Å². The molecule has 1 amide bonds. The summed E-state index contributed by atoms with van der Waals surface area (Å²) in [7, 11) is 3.81. The number of anilines is 1. The smallest absolute Gasteiger partial charge is 0.254 e. The summed E-state index contributed by atoms with van der Waals surface area (Å²) in [6.45, 7) is 1.35. The molecule has 0 aliphatic carbocycles. The van der Waals surface area contributed by atoms with E-state index in [1.165, 1.54) is 0 Å². The lowest BCUT2D eigenvalue weighted by Gasteiger charge is -2.17. The van der Waals surface area contributed by atoms with Crippen molar-refractivity contribution in [3.63, 3.8) is 0 Å². The summed E-state index contributed by atoms with van der Waals surface area (Å²) in [5.41, 5.74) is 0.588. The van der Waals surface area contributed by atoms with Crippen molar-refractivity contribution in [1.82, 2.24) is 15.1 Å². The van der Waals surface area contributed by atoms with Crippen LogP contribution in [-0.4, -0.2) is 61.1 Å². The van der Waals surface area contributed by atoms with E-state index in [0.29, 0.717) is 36.0 Å². The highest BCUT2D eigenvalue weighted by molar-refractivity contribution is 5.95. The highest BCUT2D eigenvalue weighted by Crippen LogP contribution is 2.33. The molecule has 1 unspecified atom stereocenters. The van der Waals surface area contributed by atoms with E-state index in [9.17, 15) is 4.79 Å². The minimum atomic E-state index is -0.0903. The van der Waals surface area contributed by atoms with E-state index in [1.54, 1.807) is 29.2 Å². The Hall–Kier alpha value is -3.03. The number of carbonyl (C=O) groups excluding carboxylic acids is 1. The second kappa shape index (κ2) is 6.70. The minimum absolute atomic E-state index is 0.0385. The van der Waals surface area contributed by atoms with Crippen LogP contribution in [-0.2, 0) is 0 Å². The van der Waals surface area contributed by atoms with E-state index in [-0.39, 0.29) is 18.8 Å². The lowest BCUT2D eigenvalue weighted by molar-refractivity contribution is 0.0770. The highest BCUT2D eigenvalue weighted by atomic mass is 16.7. The zero-order chi connectivity index (χ0) is 18.1. The Labute approximate surface area is 151 Å². The van der Waals surface area contributed by atoms with Crippen molar-refractivity contribution in [2.24, 2.45) is 0 Å².